The van der Waals surface area contributed by atoms with Crippen molar-refractivity contribution < 1.29 is 4.79 Å². The summed E-state index contributed by atoms with van der Waals surface area (Å²) >= 11 is 0. The van der Waals surface area contributed by atoms with Gasteiger partial charge in [0, 0.05) is 18.8 Å². The lowest BCUT2D eigenvalue weighted by atomic mass is 10.3. The summed E-state index contributed by atoms with van der Waals surface area (Å²) in [4.78, 5) is 10.5. The molecule has 0 atom stereocenters. The van der Waals surface area contributed by atoms with E-state index >= 15 is 0 Å². The van der Waals surface area contributed by atoms with E-state index in [1.807, 2.05) is 27.1 Å². The lowest BCUT2D eigenvalue weighted by molar-refractivity contribution is -0.112. The molecule has 0 N–H and O–H groups in total. The van der Waals surface area contributed by atoms with Crippen LogP contribution in [0.1, 0.15) is 26.3 Å². The molecular formula is C10H16N2O. The quantitative estimate of drug-likeness (QED) is 0.653. The molecule has 0 amide bonds. The van der Waals surface area contributed by atoms with Crippen LogP contribution in [0.5, 0.6) is 0 Å². The standard InChI is InChI=1S/C8H10N2O.C2H6/c1-7(11)3-4-8-5-9-10(2)6-8;1-2/h3-6H,1-2H3;1-2H3/b4-3+;. The van der Waals surface area contributed by atoms with Gasteiger partial charge in [-0.05, 0) is 19.1 Å². The lowest BCUT2D eigenvalue weighted by Crippen LogP contribution is -1.84. The maximum atomic E-state index is 10.5. The minimum atomic E-state index is 0.0499. The predicted molar refractivity (Wildman–Crippen MR) is 54.3 cm³/mol. The molecule has 0 unspecified atom stereocenters. The molecule has 1 aromatic heterocycles. The van der Waals surface area contributed by atoms with Gasteiger partial charge in [0.05, 0.1) is 6.20 Å². The third-order valence-electron chi connectivity index (χ3n) is 1.24. The van der Waals surface area contributed by atoms with Crippen LogP contribution >= 0.6 is 0 Å². The van der Waals surface area contributed by atoms with Crippen molar-refractivity contribution in [2.75, 3.05) is 0 Å². The third kappa shape index (κ3) is 4.95. The van der Waals surface area contributed by atoms with Crippen molar-refractivity contribution in [2.24, 2.45) is 7.05 Å². The van der Waals surface area contributed by atoms with Gasteiger partial charge in [-0.25, -0.2) is 0 Å². The second-order valence-electron chi connectivity index (χ2n) is 2.39. The molecule has 1 rings (SSSR count). The molecule has 0 fully saturated rings. The molecular weight excluding hydrogens is 164 g/mol. The molecule has 72 valence electrons. The van der Waals surface area contributed by atoms with Crippen molar-refractivity contribution in [3.8, 4) is 0 Å². The van der Waals surface area contributed by atoms with Gasteiger partial charge in [-0.1, -0.05) is 13.8 Å². The fourth-order valence-corrected chi connectivity index (χ4v) is 0.740. The Morgan fingerprint density at radius 1 is 1.54 bits per heavy atom. The first-order chi connectivity index (χ1) is 6.18. The van der Waals surface area contributed by atoms with Gasteiger partial charge in [0.15, 0.2) is 5.78 Å². The zero-order valence-electron chi connectivity index (χ0n) is 8.61. The summed E-state index contributed by atoms with van der Waals surface area (Å²) in [6.07, 6.45) is 6.82. The minimum absolute atomic E-state index is 0.0499. The zero-order chi connectivity index (χ0) is 10.3. The number of rotatable bonds is 2. The first kappa shape index (κ1) is 11.6. The van der Waals surface area contributed by atoms with Crippen LogP contribution in [0.15, 0.2) is 18.5 Å². The number of aromatic nitrogens is 2. The number of hydrogen-bond donors (Lipinski definition) is 0. The molecule has 0 saturated heterocycles. The van der Waals surface area contributed by atoms with Gasteiger partial charge in [-0.15, -0.1) is 0 Å². The van der Waals surface area contributed by atoms with E-state index in [1.54, 1.807) is 17.0 Å². The fraction of sp³-hybridized carbons (Fsp3) is 0.400. The SMILES string of the molecule is CC.CC(=O)/C=C/c1cnn(C)c1. The molecule has 1 aromatic rings. The van der Waals surface area contributed by atoms with E-state index in [0.717, 1.165) is 5.56 Å². The molecule has 0 spiro atoms. The molecule has 0 aliphatic rings. The Kier molecular flexibility index (Phi) is 5.52. The van der Waals surface area contributed by atoms with E-state index in [-0.39, 0.29) is 5.78 Å². The molecule has 3 nitrogen and oxygen atoms in total. The van der Waals surface area contributed by atoms with Crippen LogP contribution in [0, 0.1) is 0 Å². The van der Waals surface area contributed by atoms with Crippen LogP contribution in [-0.4, -0.2) is 15.6 Å². The summed E-state index contributed by atoms with van der Waals surface area (Å²) in [6, 6.07) is 0. The van der Waals surface area contributed by atoms with E-state index in [9.17, 15) is 4.79 Å². The van der Waals surface area contributed by atoms with Crippen molar-refractivity contribution in [3.63, 3.8) is 0 Å². The van der Waals surface area contributed by atoms with Crippen molar-refractivity contribution in [3.05, 3.63) is 24.0 Å². The summed E-state index contributed by atoms with van der Waals surface area (Å²) in [5, 5.41) is 3.95. The molecule has 0 aliphatic carbocycles. The highest BCUT2D eigenvalue weighted by atomic mass is 16.1. The number of hydrogen-bond acceptors (Lipinski definition) is 2. The van der Waals surface area contributed by atoms with Gasteiger partial charge < -0.3 is 0 Å². The van der Waals surface area contributed by atoms with Gasteiger partial charge in [-0.2, -0.15) is 5.10 Å². The first-order valence-electron chi connectivity index (χ1n) is 4.36. The minimum Gasteiger partial charge on any atom is -0.295 e. The Bertz CT molecular complexity index is 287. The molecule has 0 aliphatic heterocycles. The summed E-state index contributed by atoms with van der Waals surface area (Å²) in [6.45, 7) is 5.52. The molecule has 0 bridgehead atoms. The highest BCUT2D eigenvalue weighted by molar-refractivity contribution is 5.91. The predicted octanol–water partition coefficient (Wildman–Crippen LogP) is 2.05. The Labute approximate surface area is 79.1 Å². The van der Waals surface area contributed by atoms with Gasteiger partial charge in [0.2, 0.25) is 0 Å². The number of ketones is 1. The normalized spacial score (nSPS) is 9.54. The first-order valence-corrected chi connectivity index (χ1v) is 4.36. The Morgan fingerprint density at radius 2 is 2.15 bits per heavy atom. The average molecular weight is 180 g/mol. The number of nitrogens with zero attached hydrogens (tertiary/aromatic N) is 2. The maximum absolute atomic E-state index is 10.5. The van der Waals surface area contributed by atoms with Crippen LogP contribution in [-0.2, 0) is 11.8 Å². The largest absolute Gasteiger partial charge is 0.295 e. The monoisotopic (exact) mass is 180 g/mol. The van der Waals surface area contributed by atoms with Crippen molar-refractivity contribution in [1.82, 2.24) is 9.78 Å². The Hall–Kier alpha value is -1.38. The summed E-state index contributed by atoms with van der Waals surface area (Å²) in [7, 11) is 1.84. The highest BCUT2D eigenvalue weighted by Crippen LogP contribution is 1.98. The van der Waals surface area contributed by atoms with E-state index in [4.69, 9.17) is 0 Å². The third-order valence-corrected chi connectivity index (χ3v) is 1.24. The average Bonchev–Trinajstić information content (AvgIpc) is 2.52. The molecule has 0 saturated carbocycles. The van der Waals surface area contributed by atoms with Gasteiger partial charge >= 0.3 is 0 Å². The summed E-state index contributed by atoms with van der Waals surface area (Å²) in [5.41, 5.74) is 0.947. The number of carbonyl (C=O) groups is 1. The number of carbonyl (C=O) groups excluding carboxylic acids is 1. The smallest absolute Gasteiger partial charge is 0.152 e. The van der Waals surface area contributed by atoms with Crippen LogP contribution in [0.2, 0.25) is 0 Å². The van der Waals surface area contributed by atoms with Crippen LogP contribution in [0.4, 0.5) is 0 Å². The van der Waals surface area contributed by atoms with Crippen LogP contribution < -0.4 is 0 Å². The highest BCUT2D eigenvalue weighted by Gasteiger charge is 1.89. The Morgan fingerprint density at radius 3 is 2.54 bits per heavy atom. The molecule has 1 heterocycles. The van der Waals surface area contributed by atoms with Crippen molar-refractivity contribution in [1.29, 1.82) is 0 Å². The number of allylic oxidation sites excluding steroid dienone is 1. The fourth-order valence-electron chi connectivity index (χ4n) is 0.740. The van der Waals surface area contributed by atoms with Crippen molar-refractivity contribution in [2.45, 2.75) is 20.8 Å². The molecule has 0 aromatic carbocycles. The Balaban J connectivity index is 0.000000671. The van der Waals surface area contributed by atoms with Gasteiger partial charge in [-0.3, -0.25) is 9.48 Å². The molecule has 13 heavy (non-hydrogen) atoms. The summed E-state index contributed by atoms with van der Waals surface area (Å²) in [5.74, 6) is 0.0499. The lowest BCUT2D eigenvalue weighted by Gasteiger charge is -1.81. The van der Waals surface area contributed by atoms with Gasteiger partial charge in [0.1, 0.15) is 0 Å². The van der Waals surface area contributed by atoms with Crippen LogP contribution in [0.3, 0.4) is 0 Å². The zero-order valence-corrected chi connectivity index (χ0v) is 8.61. The van der Waals surface area contributed by atoms with E-state index in [1.165, 1.54) is 13.0 Å². The summed E-state index contributed by atoms with van der Waals surface area (Å²) < 4.78 is 1.69. The topological polar surface area (TPSA) is 34.9 Å². The van der Waals surface area contributed by atoms with E-state index < -0.39 is 0 Å². The molecule has 3 heteroatoms. The van der Waals surface area contributed by atoms with Crippen LogP contribution in [0.25, 0.3) is 6.08 Å². The second-order valence-corrected chi connectivity index (χ2v) is 2.39. The van der Waals surface area contributed by atoms with E-state index in [0.29, 0.717) is 0 Å². The van der Waals surface area contributed by atoms with Crippen molar-refractivity contribution >= 4 is 11.9 Å². The second kappa shape index (κ2) is 6.17. The number of aryl methyl sites for hydroxylation is 1. The molecule has 0 radical (unpaired) electrons. The van der Waals surface area contributed by atoms with Gasteiger partial charge in [0.25, 0.3) is 0 Å². The maximum Gasteiger partial charge on any atom is 0.152 e. The van der Waals surface area contributed by atoms with E-state index in [2.05, 4.69) is 5.10 Å².